The van der Waals surface area contributed by atoms with Crippen molar-refractivity contribution in [3.63, 3.8) is 0 Å². The summed E-state index contributed by atoms with van der Waals surface area (Å²) in [4.78, 5) is 18.6. The summed E-state index contributed by atoms with van der Waals surface area (Å²) in [7, 11) is 1.84. The maximum absolute atomic E-state index is 12.0. The van der Waals surface area contributed by atoms with E-state index in [4.69, 9.17) is 28.2 Å². The number of amides is 1. The van der Waals surface area contributed by atoms with E-state index in [-0.39, 0.29) is 11.8 Å². The van der Waals surface area contributed by atoms with Crippen LogP contribution in [0.15, 0.2) is 42.5 Å². The fourth-order valence-electron chi connectivity index (χ4n) is 3.43. The Morgan fingerprint density at radius 1 is 1.20 bits per heavy atom. The molecular weight excluding hydrogens is 357 g/mol. The van der Waals surface area contributed by atoms with Crippen LogP contribution in [0.2, 0.25) is 10.0 Å². The number of para-hydroxylation sites is 2. The van der Waals surface area contributed by atoms with Gasteiger partial charge < -0.3 is 9.47 Å². The number of fused-ring (bicyclic) bond motifs is 1. The second kappa shape index (κ2) is 6.36. The summed E-state index contributed by atoms with van der Waals surface area (Å²) in [6.07, 6.45) is 0.494. The molecule has 1 fully saturated rings. The van der Waals surface area contributed by atoms with Gasteiger partial charge in [-0.25, -0.2) is 4.98 Å². The third kappa shape index (κ3) is 3.00. The van der Waals surface area contributed by atoms with Crippen molar-refractivity contribution in [1.82, 2.24) is 14.5 Å². The van der Waals surface area contributed by atoms with Crippen LogP contribution in [0.25, 0.3) is 11.0 Å². The van der Waals surface area contributed by atoms with Crippen LogP contribution in [-0.4, -0.2) is 34.0 Å². The molecule has 1 atom stereocenters. The summed E-state index contributed by atoms with van der Waals surface area (Å²) in [5, 5.41) is 1.25. The van der Waals surface area contributed by atoms with E-state index in [1.54, 1.807) is 11.0 Å². The summed E-state index contributed by atoms with van der Waals surface area (Å²) in [6.45, 7) is 1.29. The molecule has 1 amide bonds. The molecule has 3 aromatic rings. The van der Waals surface area contributed by atoms with Gasteiger partial charge in [0, 0.05) is 36.0 Å². The second-order valence-electron chi connectivity index (χ2n) is 6.46. The normalized spacial score (nSPS) is 17.6. The molecule has 25 heavy (non-hydrogen) atoms. The zero-order valence-electron chi connectivity index (χ0n) is 13.7. The Labute approximate surface area is 156 Å². The van der Waals surface area contributed by atoms with Crippen molar-refractivity contribution < 1.29 is 4.79 Å². The number of carbonyl (C=O) groups excluding carboxylic acids is 1. The maximum Gasteiger partial charge on any atom is 0.223 e. The molecule has 0 bridgehead atoms. The highest BCUT2D eigenvalue weighted by atomic mass is 35.5. The summed E-state index contributed by atoms with van der Waals surface area (Å²) < 4.78 is 2.17. The molecule has 4 nitrogen and oxygen atoms in total. The molecule has 2 aromatic carbocycles. The Kier molecular flexibility index (Phi) is 4.18. The first-order valence-corrected chi connectivity index (χ1v) is 8.91. The van der Waals surface area contributed by atoms with Crippen LogP contribution in [0.3, 0.4) is 0 Å². The fraction of sp³-hybridized carbons (Fsp3) is 0.263. The number of rotatable bonds is 3. The predicted octanol–water partition coefficient (Wildman–Crippen LogP) is 4.34. The minimum Gasteiger partial charge on any atom is -0.345 e. The SMILES string of the molecule is CN1C[C@@H](c2nc3ccccc3n2Cc2ccc(Cl)cc2Cl)CC1=O. The van der Waals surface area contributed by atoms with Crippen LogP contribution in [-0.2, 0) is 11.3 Å². The third-order valence-corrected chi connectivity index (χ3v) is 5.32. The third-order valence-electron chi connectivity index (χ3n) is 4.73. The van der Waals surface area contributed by atoms with E-state index in [9.17, 15) is 4.79 Å². The van der Waals surface area contributed by atoms with E-state index in [0.29, 0.717) is 29.6 Å². The number of carbonyl (C=O) groups is 1. The zero-order chi connectivity index (χ0) is 17.6. The van der Waals surface area contributed by atoms with Crippen LogP contribution in [0, 0.1) is 0 Å². The zero-order valence-corrected chi connectivity index (χ0v) is 15.3. The van der Waals surface area contributed by atoms with Gasteiger partial charge in [-0.1, -0.05) is 41.4 Å². The van der Waals surface area contributed by atoms with Crippen molar-refractivity contribution in [2.45, 2.75) is 18.9 Å². The van der Waals surface area contributed by atoms with E-state index >= 15 is 0 Å². The van der Waals surface area contributed by atoms with Gasteiger partial charge >= 0.3 is 0 Å². The molecule has 1 aromatic heterocycles. The van der Waals surface area contributed by atoms with Crippen LogP contribution in [0.1, 0.15) is 23.7 Å². The van der Waals surface area contributed by atoms with Crippen molar-refractivity contribution in [2.24, 2.45) is 0 Å². The number of benzene rings is 2. The van der Waals surface area contributed by atoms with Crippen molar-refractivity contribution in [1.29, 1.82) is 0 Å². The molecule has 1 aliphatic heterocycles. The van der Waals surface area contributed by atoms with Crippen molar-refractivity contribution in [3.05, 3.63) is 63.9 Å². The quantitative estimate of drug-likeness (QED) is 0.684. The lowest BCUT2D eigenvalue weighted by Crippen LogP contribution is -2.19. The van der Waals surface area contributed by atoms with Gasteiger partial charge in [-0.2, -0.15) is 0 Å². The summed E-state index contributed by atoms with van der Waals surface area (Å²) in [5.74, 6) is 1.19. The molecule has 1 saturated heterocycles. The van der Waals surface area contributed by atoms with Gasteiger partial charge in [-0.15, -0.1) is 0 Å². The largest absolute Gasteiger partial charge is 0.345 e. The highest BCUT2D eigenvalue weighted by Crippen LogP contribution is 2.31. The predicted molar refractivity (Wildman–Crippen MR) is 100 cm³/mol. The Morgan fingerprint density at radius 3 is 2.72 bits per heavy atom. The van der Waals surface area contributed by atoms with Crippen molar-refractivity contribution in [3.8, 4) is 0 Å². The molecule has 4 rings (SSSR count). The number of nitrogens with zero attached hydrogens (tertiary/aromatic N) is 3. The van der Waals surface area contributed by atoms with E-state index < -0.39 is 0 Å². The first-order valence-electron chi connectivity index (χ1n) is 8.16. The van der Waals surface area contributed by atoms with Gasteiger partial charge in [0.25, 0.3) is 0 Å². The Morgan fingerprint density at radius 2 is 2.00 bits per heavy atom. The lowest BCUT2D eigenvalue weighted by molar-refractivity contribution is -0.126. The Balaban J connectivity index is 1.81. The Hall–Kier alpha value is -2.04. The number of aromatic nitrogens is 2. The van der Waals surface area contributed by atoms with E-state index in [1.807, 2.05) is 37.4 Å². The number of likely N-dealkylation sites (N-methyl/N-ethyl adjacent to an activating group) is 1. The number of hydrogen-bond donors (Lipinski definition) is 0. The maximum atomic E-state index is 12.0. The van der Waals surface area contributed by atoms with Gasteiger partial charge in [-0.05, 0) is 29.8 Å². The number of hydrogen-bond acceptors (Lipinski definition) is 2. The molecule has 0 N–H and O–H groups in total. The summed E-state index contributed by atoms with van der Waals surface area (Å²) in [6, 6.07) is 13.6. The summed E-state index contributed by atoms with van der Waals surface area (Å²) in [5.41, 5.74) is 2.96. The first kappa shape index (κ1) is 16.4. The monoisotopic (exact) mass is 373 g/mol. The standard InChI is InChI=1S/C19H17Cl2N3O/c1-23-10-13(8-18(23)25)19-22-16-4-2-3-5-17(16)24(19)11-12-6-7-14(20)9-15(12)21/h2-7,9,13H,8,10-11H2,1H3/t13-/m0/s1. The van der Waals surface area contributed by atoms with Crippen molar-refractivity contribution >= 4 is 40.1 Å². The summed E-state index contributed by atoms with van der Waals surface area (Å²) >= 11 is 12.4. The molecule has 6 heteroatoms. The lowest BCUT2D eigenvalue weighted by atomic mass is 10.1. The first-order chi connectivity index (χ1) is 12.0. The van der Waals surface area contributed by atoms with Gasteiger partial charge in [0.1, 0.15) is 5.82 Å². The molecule has 1 aliphatic rings. The number of likely N-dealkylation sites (tertiary alicyclic amines) is 1. The minimum atomic E-state index is 0.0935. The molecule has 0 aliphatic carbocycles. The van der Waals surface area contributed by atoms with E-state index in [0.717, 1.165) is 22.4 Å². The van der Waals surface area contributed by atoms with E-state index in [2.05, 4.69) is 10.6 Å². The smallest absolute Gasteiger partial charge is 0.223 e. The van der Waals surface area contributed by atoms with Crippen LogP contribution >= 0.6 is 23.2 Å². The Bertz CT molecular complexity index is 966. The molecule has 0 radical (unpaired) electrons. The molecule has 2 heterocycles. The average molecular weight is 374 g/mol. The van der Waals surface area contributed by atoms with Crippen molar-refractivity contribution in [2.75, 3.05) is 13.6 Å². The van der Waals surface area contributed by atoms with Gasteiger partial charge in [0.2, 0.25) is 5.91 Å². The molecular formula is C19H17Cl2N3O. The highest BCUT2D eigenvalue weighted by Gasteiger charge is 2.32. The van der Waals surface area contributed by atoms with Crippen LogP contribution < -0.4 is 0 Å². The molecule has 0 unspecified atom stereocenters. The van der Waals surface area contributed by atoms with Gasteiger partial charge in [-0.3, -0.25) is 4.79 Å². The average Bonchev–Trinajstić information content (AvgIpc) is 3.11. The topological polar surface area (TPSA) is 38.1 Å². The number of halogens is 2. The van der Waals surface area contributed by atoms with Gasteiger partial charge in [0.15, 0.2) is 0 Å². The highest BCUT2D eigenvalue weighted by molar-refractivity contribution is 6.35. The molecule has 128 valence electrons. The van der Waals surface area contributed by atoms with Gasteiger partial charge in [0.05, 0.1) is 17.6 Å². The fourth-order valence-corrected chi connectivity index (χ4v) is 3.90. The van der Waals surface area contributed by atoms with Crippen LogP contribution in [0.4, 0.5) is 0 Å². The number of imidazole rings is 1. The van der Waals surface area contributed by atoms with E-state index in [1.165, 1.54) is 0 Å². The van der Waals surface area contributed by atoms with Crippen LogP contribution in [0.5, 0.6) is 0 Å². The lowest BCUT2D eigenvalue weighted by Gasteiger charge is -2.15. The molecule has 0 spiro atoms. The minimum absolute atomic E-state index is 0.0935. The molecule has 0 saturated carbocycles. The second-order valence-corrected chi connectivity index (χ2v) is 7.30.